The summed E-state index contributed by atoms with van der Waals surface area (Å²) in [4.78, 5) is 6.01. The first-order chi connectivity index (χ1) is 8.19. The third kappa shape index (κ3) is 2.61. The van der Waals surface area contributed by atoms with Gasteiger partial charge in [0.15, 0.2) is 0 Å². The summed E-state index contributed by atoms with van der Waals surface area (Å²) in [6.07, 6.45) is 1.67. The van der Waals surface area contributed by atoms with Gasteiger partial charge in [-0.1, -0.05) is 5.16 Å². The molecule has 0 saturated carbocycles. The monoisotopic (exact) mass is 228 g/mol. The molecule has 5 heteroatoms. The number of anilines is 1. The quantitative estimate of drug-likeness (QED) is 0.802. The van der Waals surface area contributed by atoms with Crippen LogP contribution in [0.2, 0.25) is 0 Å². The number of aryl methyl sites for hydroxylation is 1. The van der Waals surface area contributed by atoms with Crippen LogP contribution in [0.25, 0.3) is 0 Å². The Bertz CT molecular complexity index is 538. The van der Waals surface area contributed by atoms with Crippen molar-refractivity contribution in [3.8, 4) is 6.07 Å². The standard InChI is InChI=1S/C12H12N4O/c1-9-5-11(15-17-9)8-16(2)12-4-3-10(6-13)14-7-12/h3-5,7H,8H2,1-2H3. The van der Waals surface area contributed by atoms with Gasteiger partial charge in [0.2, 0.25) is 0 Å². The Morgan fingerprint density at radius 2 is 2.29 bits per heavy atom. The van der Waals surface area contributed by atoms with E-state index in [9.17, 15) is 0 Å². The molecule has 2 heterocycles. The Kier molecular flexibility index (Phi) is 3.06. The molecular weight excluding hydrogens is 216 g/mol. The maximum absolute atomic E-state index is 8.66. The number of nitriles is 1. The molecule has 2 aromatic heterocycles. The Labute approximate surface area is 99.3 Å². The van der Waals surface area contributed by atoms with Gasteiger partial charge in [0.25, 0.3) is 0 Å². The van der Waals surface area contributed by atoms with Crippen LogP contribution in [-0.2, 0) is 6.54 Å². The Morgan fingerprint density at radius 1 is 1.47 bits per heavy atom. The molecule has 0 amide bonds. The van der Waals surface area contributed by atoms with E-state index in [0.29, 0.717) is 12.2 Å². The van der Waals surface area contributed by atoms with Crippen molar-refractivity contribution in [1.29, 1.82) is 5.26 Å². The highest BCUT2D eigenvalue weighted by atomic mass is 16.5. The lowest BCUT2D eigenvalue weighted by atomic mass is 10.3. The van der Waals surface area contributed by atoms with Crippen molar-refractivity contribution in [2.24, 2.45) is 0 Å². The van der Waals surface area contributed by atoms with E-state index in [0.717, 1.165) is 17.1 Å². The molecule has 17 heavy (non-hydrogen) atoms. The van der Waals surface area contributed by atoms with Crippen molar-refractivity contribution >= 4 is 5.69 Å². The van der Waals surface area contributed by atoms with E-state index >= 15 is 0 Å². The minimum atomic E-state index is 0.416. The van der Waals surface area contributed by atoms with Gasteiger partial charge < -0.3 is 9.42 Å². The first kappa shape index (κ1) is 11.1. The lowest BCUT2D eigenvalue weighted by Crippen LogP contribution is -2.16. The molecule has 0 aromatic carbocycles. The largest absolute Gasteiger partial charge is 0.367 e. The number of rotatable bonds is 3. The molecule has 0 bridgehead atoms. The van der Waals surface area contributed by atoms with Gasteiger partial charge >= 0.3 is 0 Å². The summed E-state index contributed by atoms with van der Waals surface area (Å²) in [5, 5.41) is 12.6. The van der Waals surface area contributed by atoms with Crippen LogP contribution in [0.1, 0.15) is 17.1 Å². The third-order valence-corrected chi connectivity index (χ3v) is 2.38. The summed E-state index contributed by atoms with van der Waals surface area (Å²) in [5.41, 5.74) is 2.22. The van der Waals surface area contributed by atoms with Crippen molar-refractivity contribution < 1.29 is 4.52 Å². The molecule has 0 saturated heterocycles. The molecule has 2 aromatic rings. The lowest BCUT2D eigenvalue weighted by Gasteiger charge is -2.16. The summed E-state index contributed by atoms with van der Waals surface area (Å²) in [6, 6.07) is 7.44. The van der Waals surface area contributed by atoms with Crippen LogP contribution < -0.4 is 4.90 Å². The molecule has 2 rings (SSSR count). The number of nitrogens with zero attached hydrogens (tertiary/aromatic N) is 4. The molecule has 0 aliphatic heterocycles. The minimum Gasteiger partial charge on any atom is -0.367 e. The second-order valence-electron chi connectivity index (χ2n) is 3.80. The molecule has 86 valence electrons. The van der Waals surface area contributed by atoms with Crippen LogP contribution in [0.4, 0.5) is 5.69 Å². The van der Waals surface area contributed by atoms with Gasteiger partial charge in [-0.25, -0.2) is 4.98 Å². The van der Waals surface area contributed by atoms with Crippen molar-refractivity contribution in [3.63, 3.8) is 0 Å². The van der Waals surface area contributed by atoms with E-state index < -0.39 is 0 Å². The van der Waals surface area contributed by atoms with Gasteiger partial charge in [0, 0.05) is 13.1 Å². The van der Waals surface area contributed by atoms with Crippen LogP contribution in [-0.4, -0.2) is 17.2 Å². The number of aromatic nitrogens is 2. The Hall–Kier alpha value is -2.35. The average molecular weight is 228 g/mol. The summed E-state index contributed by atoms with van der Waals surface area (Å²) in [6.45, 7) is 2.50. The summed E-state index contributed by atoms with van der Waals surface area (Å²) >= 11 is 0. The Balaban J connectivity index is 2.09. The highest BCUT2D eigenvalue weighted by Crippen LogP contribution is 2.14. The molecule has 0 atom stereocenters. The van der Waals surface area contributed by atoms with E-state index in [1.165, 1.54) is 0 Å². The molecule has 0 radical (unpaired) electrons. The second kappa shape index (κ2) is 4.66. The normalized spacial score (nSPS) is 9.94. The second-order valence-corrected chi connectivity index (χ2v) is 3.80. The third-order valence-electron chi connectivity index (χ3n) is 2.38. The summed E-state index contributed by atoms with van der Waals surface area (Å²) in [7, 11) is 1.94. The lowest BCUT2D eigenvalue weighted by molar-refractivity contribution is 0.390. The molecule has 0 aliphatic carbocycles. The Morgan fingerprint density at radius 3 is 2.82 bits per heavy atom. The van der Waals surface area contributed by atoms with Gasteiger partial charge in [-0.3, -0.25) is 0 Å². The average Bonchev–Trinajstić information content (AvgIpc) is 2.75. The summed E-state index contributed by atoms with van der Waals surface area (Å²) in [5.74, 6) is 0.798. The SMILES string of the molecule is Cc1cc(CN(C)c2ccc(C#N)nc2)no1. The van der Waals surface area contributed by atoms with Crippen molar-refractivity contribution in [2.75, 3.05) is 11.9 Å². The van der Waals surface area contributed by atoms with Gasteiger partial charge in [0.1, 0.15) is 23.2 Å². The van der Waals surface area contributed by atoms with Crippen LogP contribution in [0.5, 0.6) is 0 Å². The zero-order chi connectivity index (χ0) is 12.3. The number of pyridine rings is 1. The number of hydrogen-bond donors (Lipinski definition) is 0. The van der Waals surface area contributed by atoms with Gasteiger partial charge in [-0.15, -0.1) is 0 Å². The number of hydrogen-bond acceptors (Lipinski definition) is 5. The molecular formula is C12H12N4O. The topological polar surface area (TPSA) is 66.0 Å². The van der Waals surface area contributed by atoms with Crippen LogP contribution >= 0.6 is 0 Å². The van der Waals surface area contributed by atoms with Gasteiger partial charge in [0.05, 0.1) is 18.4 Å². The maximum Gasteiger partial charge on any atom is 0.140 e. The van der Waals surface area contributed by atoms with E-state index in [1.807, 2.05) is 37.1 Å². The fourth-order valence-corrected chi connectivity index (χ4v) is 1.50. The maximum atomic E-state index is 8.66. The van der Waals surface area contributed by atoms with Crippen molar-refractivity contribution in [2.45, 2.75) is 13.5 Å². The van der Waals surface area contributed by atoms with Crippen LogP contribution in [0.15, 0.2) is 28.9 Å². The van der Waals surface area contributed by atoms with Crippen molar-refractivity contribution in [3.05, 3.63) is 41.5 Å². The van der Waals surface area contributed by atoms with E-state index in [-0.39, 0.29) is 0 Å². The predicted octanol–water partition coefficient (Wildman–Crippen LogP) is 1.89. The smallest absolute Gasteiger partial charge is 0.140 e. The minimum absolute atomic E-state index is 0.416. The molecule has 0 fully saturated rings. The fourth-order valence-electron chi connectivity index (χ4n) is 1.50. The first-order valence-corrected chi connectivity index (χ1v) is 5.18. The van der Waals surface area contributed by atoms with Crippen LogP contribution in [0.3, 0.4) is 0 Å². The van der Waals surface area contributed by atoms with Gasteiger partial charge in [-0.2, -0.15) is 5.26 Å². The van der Waals surface area contributed by atoms with Crippen molar-refractivity contribution in [1.82, 2.24) is 10.1 Å². The molecule has 0 N–H and O–H groups in total. The first-order valence-electron chi connectivity index (χ1n) is 5.18. The predicted molar refractivity (Wildman–Crippen MR) is 62.3 cm³/mol. The molecule has 0 spiro atoms. The molecule has 0 aliphatic rings. The molecule has 5 nitrogen and oxygen atoms in total. The molecule has 0 unspecified atom stereocenters. The van der Waals surface area contributed by atoms with Gasteiger partial charge in [-0.05, 0) is 19.1 Å². The highest BCUT2D eigenvalue weighted by Gasteiger charge is 2.06. The zero-order valence-electron chi connectivity index (χ0n) is 9.71. The fraction of sp³-hybridized carbons (Fsp3) is 0.250. The van der Waals surface area contributed by atoms with Crippen LogP contribution in [0, 0.1) is 18.3 Å². The van der Waals surface area contributed by atoms with E-state index in [1.54, 1.807) is 12.3 Å². The summed E-state index contributed by atoms with van der Waals surface area (Å²) < 4.78 is 5.00. The van der Waals surface area contributed by atoms with E-state index in [2.05, 4.69) is 10.1 Å². The highest BCUT2D eigenvalue weighted by molar-refractivity contribution is 5.45. The van der Waals surface area contributed by atoms with E-state index in [4.69, 9.17) is 9.78 Å². The zero-order valence-corrected chi connectivity index (χ0v) is 9.71.